The molecule has 2 heterocycles. The van der Waals surface area contributed by atoms with Gasteiger partial charge in [-0.2, -0.15) is 0 Å². The Morgan fingerprint density at radius 1 is 1.35 bits per heavy atom. The maximum Gasteiger partial charge on any atom is 0.321 e. The molecule has 23 heavy (non-hydrogen) atoms. The van der Waals surface area contributed by atoms with Gasteiger partial charge in [0.05, 0.1) is 5.69 Å². The first kappa shape index (κ1) is 17.5. The minimum absolute atomic E-state index is 0.0990. The number of hydrogen-bond acceptors (Lipinski definition) is 4. The summed E-state index contributed by atoms with van der Waals surface area (Å²) >= 11 is 0. The normalized spacial score (nSPS) is 14.1. The Morgan fingerprint density at radius 2 is 2.09 bits per heavy atom. The molecule has 1 saturated heterocycles. The Balaban J connectivity index is 2.04. The van der Waals surface area contributed by atoms with Crippen LogP contribution >= 0.6 is 0 Å². The quantitative estimate of drug-likeness (QED) is 0.773. The van der Waals surface area contributed by atoms with Gasteiger partial charge in [-0.15, -0.1) is 0 Å². The molecule has 0 spiro atoms. The smallest absolute Gasteiger partial charge is 0.321 e. The zero-order valence-electron chi connectivity index (χ0n) is 14.0. The van der Waals surface area contributed by atoms with E-state index in [1.165, 1.54) is 12.8 Å². The highest BCUT2D eigenvalue weighted by Crippen LogP contribution is 2.26. The molecule has 1 fully saturated rings. The van der Waals surface area contributed by atoms with E-state index in [1.807, 2.05) is 12.1 Å². The number of aliphatic hydroxyl groups is 1. The van der Waals surface area contributed by atoms with E-state index in [1.54, 1.807) is 11.1 Å². The average molecular weight is 320 g/mol. The molecule has 1 aromatic rings. The Hall–Kier alpha value is -1.82. The highest BCUT2D eigenvalue weighted by atomic mass is 16.3. The Morgan fingerprint density at radius 3 is 2.78 bits per heavy atom. The summed E-state index contributed by atoms with van der Waals surface area (Å²) < 4.78 is 0. The number of hydrogen-bond donors (Lipinski definition) is 2. The van der Waals surface area contributed by atoms with E-state index in [4.69, 9.17) is 5.11 Å². The van der Waals surface area contributed by atoms with Gasteiger partial charge in [0, 0.05) is 39.0 Å². The van der Waals surface area contributed by atoms with Crippen molar-refractivity contribution in [2.75, 3.05) is 43.0 Å². The lowest BCUT2D eigenvalue weighted by molar-refractivity contribution is 0.201. The van der Waals surface area contributed by atoms with E-state index in [2.05, 4.69) is 22.1 Å². The number of urea groups is 1. The second-order valence-electron chi connectivity index (χ2n) is 5.92. The van der Waals surface area contributed by atoms with Crippen LogP contribution in [0, 0.1) is 0 Å². The summed E-state index contributed by atoms with van der Waals surface area (Å²) in [5.74, 6) is 0.857. The number of carbonyl (C=O) groups excluding carboxylic acids is 1. The third-order valence-electron chi connectivity index (χ3n) is 4.09. The van der Waals surface area contributed by atoms with Crippen LogP contribution in [0.4, 0.5) is 16.3 Å². The number of rotatable bonds is 8. The highest BCUT2D eigenvalue weighted by Gasteiger charge is 2.19. The molecule has 0 unspecified atom stereocenters. The highest BCUT2D eigenvalue weighted by molar-refractivity contribution is 5.92. The third kappa shape index (κ3) is 5.10. The number of aromatic nitrogens is 1. The van der Waals surface area contributed by atoms with Crippen molar-refractivity contribution in [2.24, 2.45) is 0 Å². The van der Waals surface area contributed by atoms with E-state index in [0.29, 0.717) is 19.5 Å². The lowest BCUT2D eigenvalue weighted by atomic mass is 10.3. The van der Waals surface area contributed by atoms with Gasteiger partial charge >= 0.3 is 6.03 Å². The number of aliphatic hydroxyl groups excluding tert-OH is 1. The van der Waals surface area contributed by atoms with Crippen LogP contribution < -0.4 is 10.2 Å². The van der Waals surface area contributed by atoms with E-state index in [-0.39, 0.29) is 12.6 Å². The van der Waals surface area contributed by atoms with Gasteiger partial charge in [-0.3, -0.25) is 0 Å². The molecule has 128 valence electrons. The summed E-state index contributed by atoms with van der Waals surface area (Å²) in [6.07, 6.45) is 6.71. The summed E-state index contributed by atoms with van der Waals surface area (Å²) in [5, 5.41) is 12.0. The summed E-state index contributed by atoms with van der Waals surface area (Å²) in [6, 6.07) is 3.64. The Kier molecular flexibility index (Phi) is 7.13. The molecule has 0 radical (unpaired) electrons. The van der Waals surface area contributed by atoms with Gasteiger partial charge in [0.1, 0.15) is 0 Å². The average Bonchev–Trinajstić information content (AvgIpc) is 3.09. The summed E-state index contributed by atoms with van der Waals surface area (Å²) in [7, 11) is 0. The second kappa shape index (κ2) is 9.35. The number of pyridine rings is 1. The molecule has 0 aliphatic carbocycles. The van der Waals surface area contributed by atoms with E-state index >= 15 is 0 Å². The van der Waals surface area contributed by atoms with Crippen LogP contribution in [0.3, 0.4) is 0 Å². The molecular formula is C17H28N4O2. The van der Waals surface area contributed by atoms with Crippen molar-refractivity contribution < 1.29 is 9.90 Å². The molecule has 1 aliphatic rings. The van der Waals surface area contributed by atoms with Crippen LogP contribution in [0.1, 0.15) is 39.0 Å². The topological polar surface area (TPSA) is 68.7 Å². The summed E-state index contributed by atoms with van der Waals surface area (Å²) in [5.41, 5.74) is 0.768. The molecule has 6 heteroatoms. The molecule has 0 bridgehead atoms. The van der Waals surface area contributed by atoms with Crippen molar-refractivity contribution in [1.29, 1.82) is 0 Å². The van der Waals surface area contributed by atoms with E-state index < -0.39 is 0 Å². The van der Waals surface area contributed by atoms with Crippen LogP contribution in [0.25, 0.3) is 0 Å². The van der Waals surface area contributed by atoms with Crippen molar-refractivity contribution in [3.05, 3.63) is 18.3 Å². The summed E-state index contributed by atoms with van der Waals surface area (Å²) in [6.45, 7) is 5.47. The van der Waals surface area contributed by atoms with Crippen LogP contribution in [0.15, 0.2) is 18.3 Å². The predicted octanol–water partition coefficient (Wildman–Crippen LogP) is 2.70. The number of carbonyl (C=O) groups is 1. The lowest BCUT2D eigenvalue weighted by Gasteiger charge is -2.25. The molecule has 0 atom stereocenters. The van der Waals surface area contributed by atoms with Gasteiger partial charge in [0.15, 0.2) is 5.82 Å². The minimum atomic E-state index is -0.111. The van der Waals surface area contributed by atoms with Crippen molar-refractivity contribution >= 4 is 17.5 Å². The fourth-order valence-electron chi connectivity index (χ4n) is 2.80. The van der Waals surface area contributed by atoms with Crippen LogP contribution in [0.5, 0.6) is 0 Å². The third-order valence-corrected chi connectivity index (χ3v) is 4.09. The molecule has 2 rings (SSSR count). The number of nitrogens with one attached hydrogen (secondary N) is 1. The number of nitrogens with zero attached hydrogens (tertiary/aromatic N) is 3. The Bertz CT molecular complexity index is 481. The maximum absolute atomic E-state index is 12.6. The molecule has 6 nitrogen and oxygen atoms in total. The zero-order chi connectivity index (χ0) is 16.5. The number of unbranched alkanes of at least 4 members (excludes halogenated alkanes) is 1. The minimum Gasteiger partial charge on any atom is -0.396 e. The first-order chi connectivity index (χ1) is 11.3. The molecular weight excluding hydrogens is 292 g/mol. The molecule has 2 N–H and O–H groups in total. The Labute approximate surface area is 138 Å². The van der Waals surface area contributed by atoms with Crippen molar-refractivity contribution in [3.63, 3.8) is 0 Å². The van der Waals surface area contributed by atoms with Gasteiger partial charge < -0.3 is 20.2 Å². The fraction of sp³-hybridized carbons (Fsp3) is 0.647. The first-order valence-corrected chi connectivity index (χ1v) is 8.63. The first-order valence-electron chi connectivity index (χ1n) is 8.63. The van der Waals surface area contributed by atoms with Gasteiger partial charge in [-0.25, -0.2) is 9.78 Å². The van der Waals surface area contributed by atoms with Gasteiger partial charge in [0.25, 0.3) is 0 Å². The van der Waals surface area contributed by atoms with Crippen LogP contribution in [-0.2, 0) is 0 Å². The van der Waals surface area contributed by atoms with Gasteiger partial charge in [-0.05, 0) is 37.8 Å². The lowest BCUT2D eigenvalue weighted by Crippen LogP contribution is -2.37. The second-order valence-corrected chi connectivity index (χ2v) is 5.92. The molecule has 1 aromatic heterocycles. The monoisotopic (exact) mass is 320 g/mol. The molecule has 0 aromatic carbocycles. The maximum atomic E-state index is 12.6. The van der Waals surface area contributed by atoms with Gasteiger partial charge in [-0.1, -0.05) is 13.3 Å². The van der Waals surface area contributed by atoms with Crippen LogP contribution in [-0.4, -0.2) is 53.8 Å². The van der Waals surface area contributed by atoms with Gasteiger partial charge in [0.2, 0.25) is 0 Å². The van der Waals surface area contributed by atoms with Crippen LogP contribution in [0.2, 0.25) is 0 Å². The zero-order valence-corrected chi connectivity index (χ0v) is 14.0. The number of amides is 2. The summed E-state index contributed by atoms with van der Waals surface area (Å²) in [4.78, 5) is 21.0. The number of anilines is 2. The largest absolute Gasteiger partial charge is 0.396 e. The van der Waals surface area contributed by atoms with Crippen molar-refractivity contribution in [2.45, 2.75) is 39.0 Å². The fourth-order valence-corrected chi connectivity index (χ4v) is 2.80. The van der Waals surface area contributed by atoms with E-state index in [0.717, 1.165) is 37.4 Å². The molecule has 2 amide bonds. The van der Waals surface area contributed by atoms with Crippen molar-refractivity contribution in [1.82, 2.24) is 9.88 Å². The molecule has 0 saturated carbocycles. The SMILES string of the molecule is CCCCN(CCCO)C(=O)Nc1cccnc1N1CCCC1. The predicted molar refractivity (Wildman–Crippen MR) is 92.9 cm³/mol. The standard InChI is InChI=1S/C17H28N4O2/c1-2-3-10-21(13-7-14-22)17(23)19-15-8-6-9-18-16(15)20-11-4-5-12-20/h6,8-9,22H,2-5,7,10-14H2,1H3,(H,19,23). The van der Waals surface area contributed by atoms with E-state index in [9.17, 15) is 4.79 Å². The molecule has 1 aliphatic heterocycles. The van der Waals surface area contributed by atoms with Crippen molar-refractivity contribution in [3.8, 4) is 0 Å².